The molecule has 0 fully saturated rings. The molecular weight excluding hydrogens is 444 g/mol. The van der Waals surface area contributed by atoms with Gasteiger partial charge in [0.1, 0.15) is 0 Å². The number of para-hydroxylation sites is 2. The van der Waals surface area contributed by atoms with Gasteiger partial charge < -0.3 is 9.68 Å². The van der Waals surface area contributed by atoms with Crippen molar-refractivity contribution in [2.24, 2.45) is 0 Å². The fraction of sp³-hybridized carbons (Fsp3) is 0. The van der Waals surface area contributed by atoms with Crippen molar-refractivity contribution in [3.8, 4) is 0 Å². The van der Waals surface area contributed by atoms with Gasteiger partial charge >= 0.3 is 11.9 Å². The second-order valence-electron chi connectivity index (χ2n) is 4.31. The van der Waals surface area contributed by atoms with Crippen molar-refractivity contribution in [1.29, 1.82) is 0 Å². The quantitative estimate of drug-likeness (QED) is 0.371. The molecule has 0 atom stereocenters. The molecule has 0 saturated heterocycles. The average Bonchev–Trinajstić information content (AvgIpc) is 2.61. The summed E-state index contributed by atoms with van der Waals surface area (Å²) in [6, 6.07) is 17.8. The maximum atomic E-state index is 11.7. The van der Waals surface area contributed by atoms with E-state index in [9.17, 15) is 9.59 Å². The number of hydrogen-bond donors (Lipinski definition) is 0. The molecule has 24 heavy (non-hydrogen) atoms. The van der Waals surface area contributed by atoms with Crippen LogP contribution in [0.5, 0.6) is 0 Å². The Hall–Kier alpha value is -2.32. The summed E-state index contributed by atoms with van der Waals surface area (Å²) in [6.45, 7) is 0. The van der Waals surface area contributed by atoms with Crippen molar-refractivity contribution in [1.82, 2.24) is 0 Å². The number of halogens is 2. The third kappa shape index (κ3) is 5.71. The third-order valence-electron chi connectivity index (χ3n) is 2.61. The average molecular weight is 456 g/mol. The van der Waals surface area contributed by atoms with Gasteiger partial charge in [0.15, 0.2) is 0 Å². The predicted molar refractivity (Wildman–Crippen MR) is 97.0 cm³/mol. The molecule has 0 aliphatic carbocycles. The molecule has 0 aromatic heterocycles. The molecule has 0 heterocycles. The molecule has 2 aromatic carbocycles. The van der Waals surface area contributed by atoms with Gasteiger partial charge in [0.25, 0.3) is 0 Å². The Labute approximate surface area is 155 Å². The number of carbonyl (C=O) groups is 2. The first-order chi connectivity index (χ1) is 11.6. The van der Waals surface area contributed by atoms with E-state index in [1.807, 2.05) is 12.1 Å². The number of rotatable bonds is 6. The van der Waals surface area contributed by atoms with Gasteiger partial charge in [-0.15, -0.1) is 8.18 Å². The first-order valence-corrected chi connectivity index (χ1v) is 8.12. The number of benzene rings is 2. The van der Waals surface area contributed by atoms with E-state index in [0.717, 1.165) is 20.3 Å². The van der Waals surface area contributed by atoms with E-state index in [1.165, 1.54) is 0 Å². The maximum Gasteiger partial charge on any atom is 0.357 e. The molecule has 0 spiro atoms. The summed E-state index contributed by atoms with van der Waals surface area (Å²) in [5, 5.41) is 0. The highest BCUT2D eigenvalue weighted by Crippen LogP contribution is 2.18. The molecule has 0 N–H and O–H groups in total. The zero-order chi connectivity index (χ0) is 17.4. The van der Waals surface area contributed by atoms with Gasteiger partial charge in [-0.05, 0) is 24.3 Å². The van der Waals surface area contributed by atoms with Gasteiger partial charge in [-0.2, -0.15) is 0 Å². The minimum Gasteiger partial charge on any atom is -0.325 e. The largest absolute Gasteiger partial charge is 0.357 e. The Bertz CT molecular complexity index is 649. The lowest BCUT2D eigenvalue weighted by Crippen LogP contribution is -2.17. The molecule has 0 saturated carbocycles. The molecule has 0 radical (unpaired) electrons. The summed E-state index contributed by atoms with van der Waals surface area (Å²) in [5.74, 6) is -1.48. The molecule has 0 aliphatic rings. The second-order valence-corrected chi connectivity index (χ2v) is 5.60. The van der Waals surface area contributed by atoms with Crippen molar-refractivity contribution in [2.75, 3.05) is 8.18 Å². The molecule has 0 bridgehead atoms. The van der Waals surface area contributed by atoms with Gasteiger partial charge in [0, 0.05) is 12.2 Å². The first-order valence-electron chi connectivity index (χ1n) is 6.70. The van der Waals surface area contributed by atoms with Crippen LogP contribution in [-0.2, 0) is 19.3 Å². The van der Waals surface area contributed by atoms with Crippen LogP contribution in [0.4, 0.5) is 11.4 Å². The Kier molecular flexibility index (Phi) is 6.83. The maximum absolute atomic E-state index is 11.7. The summed E-state index contributed by atoms with van der Waals surface area (Å²) >= 11 is 6.18. The minimum absolute atomic E-state index is 0.623. The molecule has 6 nitrogen and oxygen atoms in total. The van der Waals surface area contributed by atoms with E-state index >= 15 is 0 Å². The van der Waals surface area contributed by atoms with Crippen molar-refractivity contribution < 1.29 is 19.3 Å². The van der Waals surface area contributed by atoms with E-state index in [4.69, 9.17) is 9.68 Å². The van der Waals surface area contributed by atoms with Crippen molar-refractivity contribution in [3.05, 3.63) is 72.8 Å². The molecule has 8 heteroatoms. The Morgan fingerprint density at radius 2 is 1.04 bits per heavy atom. The lowest BCUT2D eigenvalue weighted by atomic mass is 10.3. The van der Waals surface area contributed by atoms with Gasteiger partial charge in [-0.25, -0.2) is 9.59 Å². The highest BCUT2D eigenvalue weighted by Gasteiger charge is 2.10. The van der Waals surface area contributed by atoms with E-state index in [-0.39, 0.29) is 0 Å². The summed E-state index contributed by atoms with van der Waals surface area (Å²) in [6.07, 6.45) is 1.93. The normalized spacial score (nSPS) is 10.2. The van der Waals surface area contributed by atoms with Crippen LogP contribution in [0.1, 0.15) is 0 Å². The molecule has 0 aliphatic heterocycles. The second kappa shape index (κ2) is 9.09. The van der Waals surface area contributed by atoms with Crippen molar-refractivity contribution >= 4 is 55.6 Å². The molecule has 0 amide bonds. The number of hydrogen-bond acceptors (Lipinski definition) is 6. The zero-order valence-electron chi connectivity index (χ0n) is 12.2. The van der Waals surface area contributed by atoms with E-state index in [1.54, 1.807) is 48.5 Å². The molecule has 2 aromatic rings. The standard InChI is InChI=1S/C16H12Br2N2O4/c17-19(13-7-3-1-4-8-13)23-15(21)11-12-16(22)24-20(18)14-9-5-2-6-10-14/h1-12H/b12-11-. The van der Waals surface area contributed by atoms with E-state index < -0.39 is 11.9 Å². The lowest BCUT2D eigenvalue weighted by Gasteiger charge is -2.14. The number of nitrogens with zero attached hydrogens (tertiary/aromatic N) is 2. The van der Waals surface area contributed by atoms with Gasteiger partial charge in [0.2, 0.25) is 0 Å². The Morgan fingerprint density at radius 3 is 1.38 bits per heavy atom. The first kappa shape index (κ1) is 18.0. The van der Waals surface area contributed by atoms with Crippen LogP contribution >= 0.6 is 32.3 Å². The zero-order valence-corrected chi connectivity index (χ0v) is 15.4. The van der Waals surface area contributed by atoms with E-state index in [2.05, 4.69) is 32.3 Å². The van der Waals surface area contributed by atoms with Crippen molar-refractivity contribution in [3.63, 3.8) is 0 Å². The fourth-order valence-corrected chi connectivity index (χ4v) is 2.31. The van der Waals surface area contributed by atoms with Crippen LogP contribution in [0.2, 0.25) is 0 Å². The van der Waals surface area contributed by atoms with Crippen molar-refractivity contribution in [2.45, 2.75) is 0 Å². The van der Waals surface area contributed by atoms with Crippen LogP contribution < -0.4 is 8.18 Å². The summed E-state index contributed by atoms with van der Waals surface area (Å²) in [5.41, 5.74) is 1.25. The van der Waals surface area contributed by atoms with Gasteiger partial charge in [-0.1, -0.05) is 36.4 Å². The third-order valence-corrected chi connectivity index (χ3v) is 3.72. The molecule has 0 unspecified atom stereocenters. The Morgan fingerprint density at radius 1 is 0.708 bits per heavy atom. The predicted octanol–water partition coefficient (Wildman–Crippen LogP) is 4.09. The number of anilines is 2. The van der Waals surface area contributed by atoms with E-state index in [0.29, 0.717) is 11.4 Å². The summed E-state index contributed by atoms with van der Waals surface area (Å²) < 4.78 is 2.23. The fourth-order valence-electron chi connectivity index (χ4n) is 1.55. The highest BCUT2D eigenvalue weighted by molar-refractivity contribution is 9.10. The Balaban J connectivity index is 1.83. The molecule has 124 valence electrons. The smallest absolute Gasteiger partial charge is 0.325 e. The molecule has 2 rings (SSSR count). The summed E-state index contributed by atoms with van der Waals surface area (Å²) in [7, 11) is 0. The summed E-state index contributed by atoms with van der Waals surface area (Å²) in [4.78, 5) is 33.3. The van der Waals surface area contributed by atoms with Crippen LogP contribution in [0.3, 0.4) is 0 Å². The van der Waals surface area contributed by atoms with Crippen LogP contribution in [0.15, 0.2) is 72.8 Å². The van der Waals surface area contributed by atoms with Gasteiger partial charge in [0.05, 0.1) is 43.7 Å². The highest BCUT2D eigenvalue weighted by atomic mass is 79.9. The number of carbonyl (C=O) groups excluding carboxylic acids is 2. The van der Waals surface area contributed by atoms with Crippen LogP contribution in [0, 0.1) is 0 Å². The lowest BCUT2D eigenvalue weighted by molar-refractivity contribution is -0.139. The monoisotopic (exact) mass is 454 g/mol. The van der Waals surface area contributed by atoms with Gasteiger partial charge in [-0.3, -0.25) is 0 Å². The van der Waals surface area contributed by atoms with Crippen LogP contribution in [0.25, 0.3) is 0 Å². The molecular formula is C16H12Br2N2O4. The topological polar surface area (TPSA) is 59.1 Å². The van der Waals surface area contributed by atoms with Crippen LogP contribution in [-0.4, -0.2) is 11.9 Å². The SMILES string of the molecule is O=C(/C=C\C(=O)ON(Br)c1ccccc1)ON(Br)c1ccccc1. The minimum atomic E-state index is -0.742.